The smallest absolute Gasteiger partial charge is 0.326 e. The van der Waals surface area contributed by atoms with Crippen LogP contribution in [-0.4, -0.2) is 28.0 Å². The molecule has 0 radical (unpaired) electrons. The topological polar surface area (TPSA) is 79.3 Å². The summed E-state index contributed by atoms with van der Waals surface area (Å²) in [5.74, 6) is -2.19. The third-order valence-electron chi connectivity index (χ3n) is 3.29. The normalized spacial score (nSPS) is 12.2. The van der Waals surface area contributed by atoms with E-state index < -0.39 is 17.9 Å². The van der Waals surface area contributed by atoms with Crippen molar-refractivity contribution in [2.75, 3.05) is 0 Å². The average molecular weight is 336 g/mol. The number of aliphatic carboxylic acids is 1. The molecule has 23 heavy (non-hydrogen) atoms. The van der Waals surface area contributed by atoms with E-state index in [1.54, 1.807) is 32.9 Å². The zero-order chi connectivity index (χ0) is 17.1. The van der Waals surface area contributed by atoms with Crippen molar-refractivity contribution in [3.63, 3.8) is 0 Å². The summed E-state index contributed by atoms with van der Waals surface area (Å²) in [6.07, 6.45) is 0. The molecule has 122 valence electrons. The van der Waals surface area contributed by atoms with Crippen LogP contribution in [0.4, 0.5) is 4.39 Å². The van der Waals surface area contributed by atoms with Gasteiger partial charge in [-0.3, -0.25) is 4.79 Å². The number of hydrogen-bond acceptors (Lipinski definition) is 4. The molecule has 7 heteroatoms. The Morgan fingerprint density at radius 2 is 2.04 bits per heavy atom. The largest absolute Gasteiger partial charge is 0.480 e. The van der Waals surface area contributed by atoms with Gasteiger partial charge in [0, 0.05) is 5.56 Å². The van der Waals surface area contributed by atoms with Gasteiger partial charge in [0.25, 0.3) is 5.91 Å². The first-order valence-electron chi connectivity index (χ1n) is 7.06. The molecule has 2 aromatic rings. The molecule has 0 aliphatic carbocycles. The third-order valence-corrected chi connectivity index (χ3v) is 4.50. The van der Waals surface area contributed by atoms with Crippen molar-refractivity contribution < 1.29 is 19.1 Å². The fourth-order valence-electron chi connectivity index (χ4n) is 2.07. The van der Waals surface area contributed by atoms with Gasteiger partial charge in [-0.25, -0.2) is 14.2 Å². The van der Waals surface area contributed by atoms with Crippen LogP contribution in [0, 0.1) is 18.7 Å². The number of carboxylic acid groups (broad SMARTS) is 1. The number of aromatic nitrogens is 1. The molecule has 5 nitrogen and oxygen atoms in total. The number of nitrogens with zero attached hydrogens (tertiary/aromatic N) is 1. The molecule has 0 saturated carbocycles. The van der Waals surface area contributed by atoms with Crippen LogP contribution in [0.15, 0.2) is 24.3 Å². The molecule has 0 spiro atoms. The highest BCUT2D eigenvalue weighted by Crippen LogP contribution is 2.28. The molecule has 0 unspecified atom stereocenters. The van der Waals surface area contributed by atoms with E-state index in [4.69, 9.17) is 5.11 Å². The van der Waals surface area contributed by atoms with Crippen LogP contribution in [0.1, 0.15) is 29.2 Å². The van der Waals surface area contributed by atoms with Crippen LogP contribution in [-0.2, 0) is 4.79 Å². The average Bonchev–Trinajstić information content (AvgIpc) is 2.86. The Hall–Kier alpha value is -2.28. The summed E-state index contributed by atoms with van der Waals surface area (Å²) in [4.78, 5) is 28.1. The number of halogens is 1. The van der Waals surface area contributed by atoms with Crippen molar-refractivity contribution >= 4 is 23.2 Å². The van der Waals surface area contributed by atoms with E-state index in [0.29, 0.717) is 21.1 Å². The lowest BCUT2D eigenvalue weighted by Crippen LogP contribution is -2.44. The highest BCUT2D eigenvalue weighted by atomic mass is 32.1. The number of benzene rings is 1. The van der Waals surface area contributed by atoms with E-state index >= 15 is 0 Å². The second-order valence-electron chi connectivity index (χ2n) is 5.48. The van der Waals surface area contributed by atoms with Crippen molar-refractivity contribution in [3.8, 4) is 10.6 Å². The lowest BCUT2D eigenvalue weighted by Gasteiger charge is -2.17. The Morgan fingerprint density at radius 3 is 2.61 bits per heavy atom. The van der Waals surface area contributed by atoms with Crippen molar-refractivity contribution in [1.82, 2.24) is 10.3 Å². The van der Waals surface area contributed by atoms with Gasteiger partial charge in [0.05, 0.1) is 5.69 Å². The summed E-state index contributed by atoms with van der Waals surface area (Å²) in [5, 5.41) is 12.2. The van der Waals surface area contributed by atoms with Gasteiger partial charge >= 0.3 is 5.97 Å². The highest BCUT2D eigenvalue weighted by molar-refractivity contribution is 7.17. The van der Waals surface area contributed by atoms with Crippen molar-refractivity contribution in [3.05, 3.63) is 40.7 Å². The molecule has 0 aliphatic rings. The van der Waals surface area contributed by atoms with Gasteiger partial charge in [0.1, 0.15) is 21.7 Å². The molecule has 0 aliphatic heterocycles. The van der Waals surface area contributed by atoms with Gasteiger partial charge in [0.2, 0.25) is 0 Å². The predicted octanol–water partition coefficient (Wildman–Crippen LogP) is 3.10. The van der Waals surface area contributed by atoms with Crippen molar-refractivity contribution in [2.45, 2.75) is 26.8 Å². The van der Waals surface area contributed by atoms with E-state index in [1.807, 2.05) is 0 Å². The molecule has 1 atom stereocenters. The molecular formula is C16H17FN2O3S. The van der Waals surface area contributed by atoms with Gasteiger partial charge in [0.15, 0.2) is 0 Å². The van der Waals surface area contributed by atoms with Crippen LogP contribution in [0.5, 0.6) is 0 Å². The highest BCUT2D eigenvalue weighted by Gasteiger charge is 2.26. The number of thiazole rings is 1. The number of carboxylic acids is 1. The number of amides is 1. The quantitative estimate of drug-likeness (QED) is 0.879. The maximum absolute atomic E-state index is 13.3. The molecule has 0 fully saturated rings. The molecule has 1 heterocycles. The summed E-state index contributed by atoms with van der Waals surface area (Å²) >= 11 is 1.11. The zero-order valence-corrected chi connectivity index (χ0v) is 13.8. The van der Waals surface area contributed by atoms with Crippen LogP contribution < -0.4 is 5.32 Å². The second kappa shape index (κ2) is 6.87. The van der Waals surface area contributed by atoms with E-state index in [1.165, 1.54) is 12.1 Å². The van der Waals surface area contributed by atoms with Gasteiger partial charge in [-0.1, -0.05) is 26.0 Å². The number of carbonyl (C=O) groups is 2. The molecule has 2 rings (SSSR count). The van der Waals surface area contributed by atoms with Crippen LogP contribution in [0.2, 0.25) is 0 Å². The Labute approximate surface area is 137 Å². The summed E-state index contributed by atoms with van der Waals surface area (Å²) in [6, 6.07) is 4.98. The SMILES string of the molecule is Cc1nc(-c2cccc(F)c2)sc1C(=O)N[C@@H](C(=O)O)C(C)C. The number of rotatable bonds is 5. The number of nitrogens with one attached hydrogen (secondary N) is 1. The minimum Gasteiger partial charge on any atom is -0.480 e. The number of carbonyl (C=O) groups excluding carboxylic acids is 1. The summed E-state index contributed by atoms with van der Waals surface area (Å²) < 4.78 is 13.3. The van der Waals surface area contributed by atoms with Gasteiger partial charge in [-0.05, 0) is 25.0 Å². The summed E-state index contributed by atoms with van der Waals surface area (Å²) in [5.41, 5.74) is 1.07. The molecule has 1 aromatic heterocycles. The molecule has 0 bridgehead atoms. The maximum Gasteiger partial charge on any atom is 0.326 e. The molecule has 0 saturated heterocycles. The van der Waals surface area contributed by atoms with Crippen LogP contribution >= 0.6 is 11.3 Å². The number of aryl methyl sites for hydroxylation is 1. The Kier molecular flexibility index (Phi) is 5.10. The standard InChI is InChI=1S/C16H17FN2O3S/c1-8(2)12(16(21)22)19-14(20)13-9(3)18-15(23-13)10-5-4-6-11(17)7-10/h4-8,12H,1-3H3,(H,19,20)(H,21,22)/t12-/m1/s1. The fraction of sp³-hybridized carbons (Fsp3) is 0.312. The second-order valence-corrected chi connectivity index (χ2v) is 6.48. The van der Waals surface area contributed by atoms with E-state index in [0.717, 1.165) is 11.3 Å². The summed E-state index contributed by atoms with van der Waals surface area (Å²) in [7, 11) is 0. The monoisotopic (exact) mass is 336 g/mol. The molecule has 2 N–H and O–H groups in total. The van der Waals surface area contributed by atoms with Crippen molar-refractivity contribution in [2.24, 2.45) is 5.92 Å². The molecule has 1 amide bonds. The maximum atomic E-state index is 13.3. The van der Waals surface area contributed by atoms with Crippen LogP contribution in [0.3, 0.4) is 0 Å². The van der Waals surface area contributed by atoms with E-state index in [2.05, 4.69) is 10.3 Å². The molecule has 1 aromatic carbocycles. The Bertz CT molecular complexity index is 743. The lowest BCUT2D eigenvalue weighted by molar-refractivity contribution is -0.140. The number of hydrogen-bond donors (Lipinski definition) is 2. The van der Waals surface area contributed by atoms with Gasteiger partial charge < -0.3 is 10.4 Å². The minimum absolute atomic E-state index is 0.243. The first kappa shape index (κ1) is 17.1. The Morgan fingerprint density at radius 1 is 1.35 bits per heavy atom. The first-order chi connectivity index (χ1) is 10.8. The fourth-order valence-corrected chi connectivity index (χ4v) is 3.04. The first-order valence-corrected chi connectivity index (χ1v) is 7.88. The minimum atomic E-state index is -1.08. The van der Waals surface area contributed by atoms with Gasteiger partial charge in [-0.2, -0.15) is 0 Å². The van der Waals surface area contributed by atoms with Crippen molar-refractivity contribution in [1.29, 1.82) is 0 Å². The Balaban J connectivity index is 2.27. The van der Waals surface area contributed by atoms with E-state index in [-0.39, 0.29) is 11.7 Å². The zero-order valence-electron chi connectivity index (χ0n) is 13.0. The van der Waals surface area contributed by atoms with Gasteiger partial charge in [-0.15, -0.1) is 11.3 Å². The van der Waals surface area contributed by atoms with E-state index in [9.17, 15) is 14.0 Å². The third kappa shape index (κ3) is 3.92. The summed E-state index contributed by atoms with van der Waals surface area (Å²) in [6.45, 7) is 5.10. The van der Waals surface area contributed by atoms with Crippen LogP contribution in [0.25, 0.3) is 10.6 Å². The predicted molar refractivity (Wildman–Crippen MR) is 86.0 cm³/mol. The lowest BCUT2D eigenvalue weighted by atomic mass is 10.0. The molecular weight excluding hydrogens is 319 g/mol.